The number of rotatable bonds is 81. The van der Waals surface area contributed by atoms with Crippen LogP contribution >= 0.6 is 15.6 Å². The maximum absolute atomic E-state index is 13.1. The molecule has 0 bridgehead atoms. The van der Waals surface area contributed by atoms with Gasteiger partial charge in [0.05, 0.1) is 26.4 Å². The van der Waals surface area contributed by atoms with Crippen LogP contribution in [-0.2, 0) is 65.4 Å². The Morgan fingerprint density at radius 3 is 0.673 bits per heavy atom. The van der Waals surface area contributed by atoms with Crippen LogP contribution in [0.2, 0.25) is 0 Å². The van der Waals surface area contributed by atoms with Gasteiger partial charge in [0.2, 0.25) is 0 Å². The minimum absolute atomic E-state index is 0.108. The van der Waals surface area contributed by atoms with Crippen LogP contribution in [0.3, 0.4) is 0 Å². The van der Waals surface area contributed by atoms with Crippen LogP contribution in [0.4, 0.5) is 0 Å². The molecule has 19 heteroatoms. The molecule has 17 nitrogen and oxygen atoms in total. The minimum atomic E-state index is -4.96. The van der Waals surface area contributed by atoms with Crippen molar-refractivity contribution in [3.8, 4) is 0 Å². The topological polar surface area (TPSA) is 237 Å². The van der Waals surface area contributed by atoms with E-state index in [4.69, 9.17) is 37.0 Å². The predicted molar refractivity (Wildman–Crippen MR) is 414 cm³/mol. The molecule has 5 atom stereocenters. The Balaban J connectivity index is 5.20. The van der Waals surface area contributed by atoms with E-state index in [1.54, 1.807) is 0 Å². The van der Waals surface area contributed by atoms with Gasteiger partial charge in [-0.2, -0.15) is 0 Å². The fraction of sp³-hybridized carbons (Fsp3) is 0.951. The van der Waals surface area contributed by atoms with Gasteiger partial charge in [-0.1, -0.05) is 382 Å². The van der Waals surface area contributed by atoms with Gasteiger partial charge in [-0.05, 0) is 37.5 Å². The number of hydrogen-bond donors (Lipinski definition) is 3. The second kappa shape index (κ2) is 73.6. The van der Waals surface area contributed by atoms with Crippen molar-refractivity contribution in [2.24, 2.45) is 11.8 Å². The molecule has 0 amide bonds. The normalized spacial score (nSPS) is 13.9. The lowest BCUT2D eigenvalue weighted by molar-refractivity contribution is -0.161. The van der Waals surface area contributed by atoms with Gasteiger partial charge >= 0.3 is 39.5 Å². The molecule has 0 aromatic carbocycles. The van der Waals surface area contributed by atoms with E-state index in [-0.39, 0.29) is 25.7 Å². The maximum Gasteiger partial charge on any atom is 0.472 e. The van der Waals surface area contributed by atoms with Gasteiger partial charge in [0.15, 0.2) is 12.2 Å². The molecule has 0 heterocycles. The average Bonchev–Trinajstić information content (AvgIpc) is 1.03. The molecule has 0 aliphatic heterocycles. The lowest BCUT2D eigenvalue weighted by Crippen LogP contribution is -2.30. The first-order chi connectivity index (χ1) is 48.9. The van der Waals surface area contributed by atoms with Gasteiger partial charge in [-0.3, -0.25) is 37.3 Å². The highest BCUT2D eigenvalue weighted by Gasteiger charge is 2.30. The Kier molecular flexibility index (Phi) is 72.2. The summed E-state index contributed by atoms with van der Waals surface area (Å²) in [5.74, 6) is -0.500. The Hall–Kier alpha value is -1.94. The molecule has 0 saturated carbocycles. The van der Waals surface area contributed by atoms with Crippen molar-refractivity contribution >= 4 is 39.5 Å². The number of aliphatic hydroxyl groups is 1. The third kappa shape index (κ3) is 76.1. The van der Waals surface area contributed by atoms with Crippen molar-refractivity contribution in [3.63, 3.8) is 0 Å². The summed E-state index contributed by atoms with van der Waals surface area (Å²) in [5, 5.41) is 10.6. The molecule has 0 aromatic heterocycles. The van der Waals surface area contributed by atoms with E-state index in [9.17, 15) is 43.2 Å². The van der Waals surface area contributed by atoms with Crippen molar-refractivity contribution in [1.82, 2.24) is 0 Å². The summed E-state index contributed by atoms with van der Waals surface area (Å²) in [5.41, 5.74) is 0. The van der Waals surface area contributed by atoms with Crippen molar-refractivity contribution in [2.45, 2.75) is 452 Å². The smallest absolute Gasteiger partial charge is 0.462 e. The number of carbonyl (C=O) groups excluding carboxylic acids is 4. The van der Waals surface area contributed by atoms with Crippen LogP contribution in [0, 0.1) is 11.8 Å². The number of aliphatic hydroxyl groups excluding tert-OH is 1. The molecule has 0 aliphatic rings. The number of carbonyl (C=O) groups is 4. The second-order valence-electron chi connectivity index (χ2n) is 30.5. The lowest BCUT2D eigenvalue weighted by atomic mass is 10.0. The first kappa shape index (κ1) is 99.1. The molecule has 0 spiro atoms. The van der Waals surface area contributed by atoms with Crippen LogP contribution < -0.4 is 0 Å². The summed E-state index contributed by atoms with van der Waals surface area (Å²) in [4.78, 5) is 73.0. The van der Waals surface area contributed by atoms with Crippen LogP contribution in [0.25, 0.3) is 0 Å². The van der Waals surface area contributed by atoms with Crippen LogP contribution in [0.15, 0.2) is 0 Å². The SMILES string of the molecule is CCCCCCCCCCCCCCCCCCCC(=O)O[C@H](COC(=O)CCCCCCCCCC)COP(=O)(O)OC[C@H](O)COP(=O)(O)OC[C@@H](COC(=O)CCCCCCCCCCCCCCCCCC(C)C)OC(=O)CCCCCCCCCCCCCCCCCC(C)C. The van der Waals surface area contributed by atoms with Gasteiger partial charge < -0.3 is 33.8 Å². The van der Waals surface area contributed by atoms with Gasteiger partial charge in [0.25, 0.3) is 0 Å². The Morgan fingerprint density at radius 2 is 0.455 bits per heavy atom. The molecule has 0 fully saturated rings. The molecule has 101 heavy (non-hydrogen) atoms. The van der Waals surface area contributed by atoms with Crippen LogP contribution in [0.5, 0.6) is 0 Å². The van der Waals surface area contributed by atoms with Gasteiger partial charge in [0, 0.05) is 25.7 Å². The minimum Gasteiger partial charge on any atom is -0.462 e. The van der Waals surface area contributed by atoms with Crippen molar-refractivity contribution in [2.75, 3.05) is 39.6 Å². The lowest BCUT2D eigenvalue weighted by Gasteiger charge is -2.21. The average molecular weight is 1480 g/mol. The van der Waals surface area contributed by atoms with Gasteiger partial charge in [0.1, 0.15) is 19.3 Å². The van der Waals surface area contributed by atoms with Crippen molar-refractivity contribution < 1.29 is 80.2 Å². The highest BCUT2D eigenvalue weighted by molar-refractivity contribution is 7.47. The zero-order valence-corrected chi connectivity index (χ0v) is 68.0. The van der Waals surface area contributed by atoms with E-state index in [0.29, 0.717) is 25.7 Å². The highest BCUT2D eigenvalue weighted by Crippen LogP contribution is 2.45. The molecule has 0 saturated heterocycles. The van der Waals surface area contributed by atoms with E-state index in [0.717, 1.165) is 108 Å². The van der Waals surface area contributed by atoms with E-state index in [2.05, 4.69) is 41.5 Å². The molecular formula is C82H160O17P2. The summed E-state index contributed by atoms with van der Waals surface area (Å²) in [6.07, 6.45) is 63.9. The van der Waals surface area contributed by atoms with Crippen LogP contribution in [0.1, 0.15) is 433 Å². The first-order valence-electron chi connectivity index (χ1n) is 42.5. The molecule has 3 N–H and O–H groups in total. The molecule has 0 radical (unpaired) electrons. The molecular weight excluding hydrogens is 1320 g/mol. The fourth-order valence-electron chi connectivity index (χ4n) is 12.7. The molecule has 0 aromatic rings. The third-order valence-corrected chi connectivity index (χ3v) is 21.1. The quantitative estimate of drug-likeness (QED) is 0.0222. The Labute approximate surface area is 619 Å². The number of hydrogen-bond acceptors (Lipinski definition) is 15. The summed E-state index contributed by atoms with van der Waals surface area (Å²) in [7, 11) is -9.92. The van der Waals surface area contributed by atoms with Crippen LogP contribution in [-0.4, -0.2) is 96.7 Å². The van der Waals surface area contributed by atoms with Gasteiger partial charge in [-0.25, -0.2) is 9.13 Å². The molecule has 2 unspecified atom stereocenters. The maximum atomic E-state index is 13.1. The summed E-state index contributed by atoms with van der Waals surface area (Å²) >= 11 is 0. The van der Waals surface area contributed by atoms with Crippen molar-refractivity contribution in [1.29, 1.82) is 0 Å². The first-order valence-corrected chi connectivity index (χ1v) is 45.5. The summed E-state index contributed by atoms with van der Waals surface area (Å²) < 4.78 is 68.7. The third-order valence-electron chi connectivity index (χ3n) is 19.2. The van der Waals surface area contributed by atoms with E-state index >= 15 is 0 Å². The number of phosphoric ester groups is 2. The molecule has 0 aliphatic carbocycles. The van der Waals surface area contributed by atoms with E-state index in [1.807, 2.05) is 0 Å². The van der Waals surface area contributed by atoms with Crippen molar-refractivity contribution in [3.05, 3.63) is 0 Å². The summed E-state index contributed by atoms with van der Waals surface area (Å²) in [6, 6.07) is 0. The standard InChI is InChI=1S/C82H160O17P2/c1-7-9-11-13-15-17-18-19-20-21-26-32-37-42-48-54-60-66-81(86)98-77(70-92-79(84)64-58-52-46-16-14-12-10-8-2)72-96-100(88,89)94-68-76(83)69-95-101(90,91)97-73-78(99-82(87)67-61-55-49-43-38-33-28-23-25-30-35-40-45-51-57-63-75(5)6)71-93-80(85)65-59-53-47-41-36-31-27-22-24-29-34-39-44-50-56-62-74(3)4/h74-78,83H,7-73H2,1-6H3,(H,88,89)(H,90,91)/t76-,77+,78+/m0/s1. The summed E-state index contributed by atoms with van der Waals surface area (Å²) in [6.45, 7) is 9.68. The Bertz CT molecular complexity index is 1940. The number of esters is 4. The van der Waals surface area contributed by atoms with E-state index in [1.165, 1.54) is 244 Å². The zero-order chi connectivity index (χ0) is 74.2. The fourth-order valence-corrected chi connectivity index (χ4v) is 14.3. The molecule has 0 rings (SSSR count). The number of phosphoric acid groups is 2. The van der Waals surface area contributed by atoms with Gasteiger partial charge in [-0.15, -0.1) is 0 Å². The Morgan fingerprint density at radius 1 is 0.267 bits per heavy atom. The second-order valence-corrected chi connectivity index (χ2v) is 33.4. The number of unbranched alkanes of at least 4 members (excludes halogenated alkanes) is 51. The zero-order valence-electron chi connectivity index (χ0n) is 66.2. The molecule has 600 valence electrons. The monoisotopic (exact) mass is 1480 g/mol. The largest absolute Gasteiger partial charge is 0.472 e. The highest BCUT2D eigenvalue weighted by atomic mass is 31.2. The predicted octanol–water partition coefficient (Wildman–Crippen LogP) is 24.7. The van der Waals surface area contributed by atoms with E-state index < -0.39 is 97.5 Å². The number of ether oxygens (including phenoxy) is 4.